The van der Waals surface area contributed by atoms with Crippen LogP contribution in [0.5, 0.6) is 0 Å². The molecule has 7 heavy (non-hydrogen) atoms. The molecule has 0 bridgehead atoms. The van der Waals surface area contributed by atoms with Gasteiger partial charge in [-0.3, -0.25) is 0 Å². The van der Waals surface area contributed by atoms with E-state index in [0.717, 1.165) is 0 Å². The first-order chi connectivity index (χ1) is 3.00. The van der Waals surface area contributed by atoms with Crippen LogP contribution in [0.15, 0.2) is 0 Å². The Morgan fingerprint density at radius 1 is 1.29 bits per heavy atom. The molecular formula is C3H9ClOSSi. The summed E-state index contributed by atoms with van der Waals surface area (Å²) in [6.07, 6.45) is 0. The molecule has 0 saturated carbocycles. The Bertz CT molecular complexity index is 38.7. The van der Waals surface area contributed by atoms with Gasteiger partial charge in [-0.25, -0.2) is 0 Å². The second-order valence-electron chi connectivity index (χ2n) is 2.07. The Labute approximate surface area is 55.3 Å². The molecule has 0 aliphatic heterocycles. The lowest BCUT2D eigenvalue weighted by atomic mass is 11.8. The molecule has 0 aliphatic carbocycles. The van der Waals surface area contributed by atoms with E-state index < -0.39 is 7.38 Å². The summed E-state index contributed by atoms with van der Waals surface area (Å²) in [5, 5.41) is 0. The first-order valence-corrected chi connectivity index (χ1v) is 6.70. The van der Waals surface area contributed by atoms with Crippen LogP contribution in [-0.4, -0.2) is 11.6 Å². The third kappa shape index (κ3) is 482. The third-order valence-corrected chi connectivity index (χ3v) is 0. The van der Waals surface area contributed by atoms with Crippen molar-refractivity contribution >= 4 is 31.0 Å². The van der Waals surface area contributed by atoms with Crippen LogP contribution < -0.4 is 0 Å². The highest BCUT2D eigenvalue weighted by Crippen LogP contribution is 2.03. The molecule has 0 aromatic heterocycles. The maximum Gasteiger partial charge on any atom is 0.197 e. The molecule has 0 aliphatic rings. The van der Waals surface area contributed by atoms with E-state index in [4.69, 9.17) is 15.3 Å². The highest BCUT2D eigenvalue weighted by Gasteiger charge is 2.04. The van der Waals surface area contributed by atoms with E-state index >= 15 is 0 Å². The van der Waals surface area contributed by atoms with Crippen molar-refractivity contribution in [1.29, 1.82) is 0 Å². The Kier molecular flexibility index (Phi) is 7.02. The fraction of sp³-hybridized carbons (Fsp3) is 1.00. The second-order valence-corrected chi connectivity index (χ2v) is 9.60. The first kappa shape index (κ1) is 10.5. The first-order valence-electron chi connectivity index (χ1n) is 1.86. The molecule has 1 nitrogen and oxygen atoms in total. The van der Waals surface area contributed by atoms with Crippen LogP contribution in [0.1, 0.15) is 0 Å². The Hall–Kier alpha value is 0.527. The number of hydrogen-bond donors (Lipinski definition) is 0. The van der Waals surface area contributed by atoms with E-state index in [9.17, 15) is 0 Å². The van der Waals surface area contributed by atoms with E-state index in [2.05, 4.69) is 32.2 Å². The zero-order valence-electron chi connectivity index (χ0n) is 4.69. The van der Waals surface area contributed by atoms with Crippen LogP contribution in [0.2, 0.25) is 19.6 Å². The fourth-order valence-corrected chi connectivity index (χ4v) is 0. The highest BCUT2D eigenvalue weighted by atomic mass is 35.6. The SMILES string of the molecule is C[Si](C)(C)Cl.O=S. The normalized spacial score (nSPS) is 9.14. The summed E-state index contributed by atoms with van der Waals surface area (Å²) >= 11 is 8.50. The van der Waals surface area contributed by atoms with Crippen LogP contribution in [0.3, 0.4) is 0 Å². The van der Waals surface area contributed by atoms with E-state index in [1.165, 1.54) is 0 Å². The third-order valence-electron chi connectivity index (χ3n) is 0. The van der Waals surface area contributed by atoms with Crippen LogP contribution >= 0.6 is 11.1 Å². The van der Waals surface area contributed by atoms with Crippen molar-refractivity contribution in [2.75, 3.05) is 0 Å². The van der Waals surface area contributed by atoms with Gasteiger partial charge in [0.25, 0.3) is 0 Å². The Morgan fingerprint density at radius 2 is 1.29 bits per heavy atom. The molecule has 0 aromatic rings. The summed E-state index contributed by atoms with van der Waals surface area (Å²) in [4.78, 5) is 0. The van der Waals surface area contributed by atoms with Crippen molar-refractivity contribution in [2.45, 2.75) is 19.6 Å². The molecule has 0 rings (SSSR count). The highest BCUT2D eigenvalue weighted by molar-refractivity contribution is 7.44. The molecule has 0 radical (unpaired) electrons. The minimum absolute atomic E-state index is 1.14. The monoisotopic (exact) mass is 156 g/mol. The lowest BCUT2D eigenvalue weighted by Crippen LogP contribution is -2.06. The maximum atomic E-state index is 7.83. The zero-order chi connectivity index (χ0) is 6.50. The fourth-order valence-electron chi connectivity index (χ4n) is 0. The molecule has 0 atom stereocenters. The average Bonchev–Trinajstić information content (AvgIpc) is 1.36. The van der Waals surface area contributed by atoms with Crippen LogP contribution in [-0.2, 0) is 12.5 Å². The summed E-state index contributed by atoms with van der Waals surface area (Å²) in [5.41, 5.74) is 0. The van der Waals surface area contributed by atoms with Crippen molar-refractivity contribution in [3.05, 3.63) is 0 Å². The number of halogens is 1. The van der Waals surface area contributed by atoms with Crippen molar-refractivity contribution < 1.29 is 4.21 Å². The van der Waals surface area contributed by atoms with Gasteiger partial charge in [0.15, 0.2) is 12.5 Å². The molecule has 0 spiro atoms. The lowest BCUT2D eigenvalue weighted by molar-refractivity contribution is 0.702. The van der Waals surface area contributed by atoms with Gasteiger partial charge in [-0.1, -0.05) is 19.6 Å². The summed E-state index contributed by atoms with van der Waals surface area (Å²) in [6.45, 7) is 6.28. The molecule has 0 unspecified atom stereocenters. The van der Waals surface area contributed by atoms with Gasteiger partial charge in [0.2, 0.25) is 0 Å². The standard InChI is InChI=1S/C3H9ClSi.OS/c1-5(2,3)4;1-2/h1-3H3;. The maximum absolute atomic E-state index is 7.83. The molecule has 0 heterocycles. The number of rotatable bonds is 0. The molecule has 0 N–H and O–H groups in total. The van der Waals surface area contributed by atoms with Gasteiger partial charge in [-0.15, -0.1) is 0 Å². The van der Waals surface area contributed by atoms with Gasteiger partial charge < -0.3 is 0 Å². The minimum Gasteiger partial charge on any atom is -0.197 e. The van der Waals surface area contributed by atoms with E-state index in [1.807, 2.05) is 0 Å². The van der Waals surface area contributed by atoms with Gasteiger partial charge in [-0.2, -0.15) is 15.3 Å². The van der Waals surface area contributed by atoms with Crippen molar-refractivity contribution in [2.24, 2.45) is 0 Å². The summed E-state index contributed by atoms with van der Waals surface area (Å²) in [5.74, 6) is 0. The van der Waals surface area contributed by atoms with Crippen molar-refractivity contribution in [3.63, 3.8) is 0 Å². The van der Waals surface area contributed by atoms with E-state index in [-0.39, 0.29) is 0 Å². The average molecular weight is 157 g/mol. The van der Waals surface area contributed by atoms with Gasteiger partial charge in [0, 0.05) is 0 Å². The van der Waals surface area contributed by atoms with Crippen LogP contribution in [0, 0.1) is 0 Å². The molecule has 0 aromatic carbocycles. The Morgan fingerprint density at radius 3 is 1.29 bits per heavy atom. The molecule has 0 fully saturated rings. The zero-order valence-corrected chi connectivity index (χ0v) is 7.27. The molecule has 4 heteroatoms. The largest absolute Gasteiger partial charge is 0.197 e. The van der Waals surface area contributed by atoms with Crippen LogP contribution in [0.25, 0.3) is 0 Å². The lowest BCUT2D eigenvalue weighted by Gasteiger charge is -1.97. The summed E-state index contributed by atoms with van der Waals surface area (Å²) in [6, 6.07) is 0. The topological polar surface area (TPSA) is 17.1 Å². The predicted octanol–water partition coefficient (Wildman–Crippen LogP) is 1.72. The smallest absolute Gasteiger partial charge is 0.197 e. The molecule has 0 saturated heterocycles. The quantitative estimate of drug-likeness (QED) is 0.393. The van der Waals surface area contributed by atoms with Gasteiger partial charge in [-0.05, 0) is 0 Å². The summed E-state index contributed by atoms with van der Waals surface area (Å²) in [7, 11) is -1.14. The molecule has 44 valence electrons. The Balaban J connectivity index is 0. The molecular weight excluding hydrogens is 148 g/mol. The van der Waals surface area contributed by atoms with Crippen molar-refractivity contribution in [1.82, 2.24) is 0 Å². The van der Waals surface area contributed by atoms with Gasteiger partial charge >= 0.3 is 0 Å². The van der Waals surface area contributed by atoms with E-state index in [1.54, 1.807) is 0 Å². The second kappa shape index (κ2) is 4.68. The van der Waals surface area contributed by atoms with Gasteiger partial charge in [0.1, 0.15) is 7.38 Å². The predicted molar refractivity (Wildman–Crippen MR) is 37.3 cm³/mol. The number of hydrogen-bond acceptors (Lipinski definition) is 2. The van der Waals surface area contributed by atoms with Crippen molar-refractivity contribution in [3.8, 4) is 0 Å². The van der Waals surface area contributed by atoms with Crippen LogP contribution in [0.4, 0.5) is 0 Å². The summed E-state index contributed by atoms with van der Waals surface area (Å²) < 4.78 is 7.83. The van der Waals surface area contributed by atoms with Gasteiger partial charge in [0.05, 0.1) is 0 Å². The van der Waals surface area contributed by atoms with E-state index in [0.29, 0.717) is 0 Å². The molecule has 0 amide bonds. The minimum atomic E-state index is -1.14.